The van der Waals surface area contributed by atoms with E-state index in [2.05, 4.69) is 12.1 Å². The van der Waals surface area contributed by atoms with Gasteiger partial charge >= 0.3 is 0 Å². The van der Waals surface area contributed by atoms with Crippen LogP contribution in [0, 0.1) is 0 Å². The number of furan rings is 1. The molecule has 0 aliphatic carbocycles. The summed E-state index contributed by atoms with van der Waals surface area (Å²) in [4.78, 5) is 0. The van der Waals surface area contributed by atoms with Crippen LogP contribution in [-0.2, 0) is 5.75 Å². The fraction of sp³-hybridized carbons (Fsp3) is 0.417. The second-order valence-corrected chi connectivity index (χ2v) is 4.87. The third kappa shape index (κ3) is 3.38. The largest absolute Gasteiger partial charge is 0.461 e. The standard InChI is InChI=1S/C12H16N2O2S/c1-2-9(13)7-17-8-10-6-12(16-14-10)11-4-3-5-15-11/h3-6,9H,2,7-8,13H2,1H3. The van der Waals surface area contributed by atoms with Gasteiger partial charge in [-0.3, -0.25) is 0 Å². The lowest BCUT2D eigenvalue weighted by atomic mass is 10.3. The highest BCUT2D eigenvalue weighted by Crippen LogP contribution is 2.22. The highest BCUT2D eigenvalue weighted by molar-refractivity contribution is 7.98. The van der Waals surface area contributed by atoms with Crippen LogP contribution < -0.4 is 5.73 Å². The molecule has 0 fully saturated rings. The van der Waals surface area contributed by atoms with Crippen LogP contribution in [0.4, 0.5) is 0 Å². The monoisotopic (exact) mass is 252 g/mol. The van der Waals surface area contributed by atoms with E-state index < -0.39 is 0 Å². The fourth-order valence-corrected chi connectivity index (χ4v) is 2.35. The molecule has 2 N–H and O–H groups in total. The van der Waals surface area contributed by atoms with E-state index >= 15 is 0 Å². The van der Waals surface area contributed by atoms with Crippen LogP contribution in [0.25, 0.3) is 11.5 Å². The van der Waals surface area contributed by atoms with Crippen LogP contribution in [0.15, 0.2) is 33.4 Å². The summed E-state index contributed by atoms with van der Waals surface area (Å²) >= 11 is 1.77. The normalized spacial score (nSPS) is 12.8. The van der Waals surface area contributed by atoms with Gasteiger partial charge in [0, 0.05) is 23.6 Å². The molecule has 1 unspecified atom stereocenters. The Hall–Kier alpha value is -1.20. The Kier molecular flexibility index (Phi) is 4.28. The predicted molar refractivity (Wildman–Crippen MR) is 68.6 cm³/mol. The lowest BCUT2D eigenvalue weighted by Crippen LogP contribution is -2.21. The van der Waals surface area contributed by atoms with Crippen LogP contribution in [0.5, 0.6) is 0 Å². The number of hydrogen-bond donors (Lipinski definition) is 1. The lowest BCUT2D eigenvalue weighted by molar-refractivity contribution is 0.413. The van der Waals surface area contributed by atoms with Gasteiger partial charge in [-0.1, -0.05) is 12.1 Å². The van der Waals surface area contributed by atoms with E-state index in [1.807, 2.05) is 18.2 Å². The Morgan fingerprint density at radius 1 is 1.47 bits per heavy atom. The Balaban J connectivity index is 1.87. The van der Waals surface area contributed by atoms with Crippen LogP contribution >= 0.6 is 11.8 Å². The summed E-state index contributed by atoms with van der Waals surface area (Å²) in [6.07, 6.45) is 2.62. The molecule has 0 spiro atoms. The number of thioether (sulfide) groups is 1. The maximum atomic E-state index is 5.84. The molecule has 5 heteroatoms. The van der Waals surface area contributed by atoms with Gasteiger partial charge in [0.2, 0.25) is 5.76 Å². The second-order valence-electron chi connectivity index (χ2n) is 3.84. The Morgan fingerprint density at radius 3 is 3.06 bits per heavy atom. The molecule has 0 aliphatic rings. The molecule has 0 saturated heterocycles. The number of rotatable bonds is 6. The Labute approximate surface area is 105 Å². The van der Waals surface area contributed by atoms with Crippen molar-refractivity contribution in [2.24, 2.45) is 5.73 Å². The summed E-state index contributed by atoms with van der Waals surface area (Å²) in [7, 11) is 0. The minimum absolute atomic E-state index is 0.261. The highest BCUT2D eigenvalue weighted by atomic mass is 32.2. The second kappa shape index (κ2) is 5.93. The van der Waals surface area contributed by atoms with Gasteiger partial charge in [0.25, 0.3) is 0 Å². The maximum absolute atomic E-state index is 5.84. The minimum Gasteiger partial charge on any atom is -0.461 e. The van der Waals surface area contributed by atoms with Crippen LogP contribution in [0.1, 0.15) is 19.0 Å². The van der Waals surface area contributed by atoms with Gasteiger partial charge in [0.05, 0.1) is 12.0 Å². The molecule has 2 aromatic heterocycles. The summed E-state index contributed by atoms with van der Waals surface area (Å²) in [5.74, 6) is 3.14. The molecule has 92 valence electrons. The average Bonchev–Trinajstić information content (AvgIpc) is 2.98. The average molecular weight is 252 g/mol. The van der Waals surface area contributed by atoms with Crippen molar-refractivity contribution >= 4 is 11.8 Å². The summed E-state index contributed by atoms with van der Waals surface area (Å²) in [6.45, 7) is 2.09. The van der Waals surface area contributed by atoms with Crippen molar-refractivity contribution in [3.63, 3.8) is 0 Å². The van der Waals surface area contributed by atoms with E-state index in [0.29, 0.717) is 11.5 Å². The number of nitrogens with zero attached hydrogens (tertiary/aromatic N) is 1. The molecule has 2 rings (SSSR count). The Bertz CT molecular complexity index is 439. The highest BCUT2D eigenvalue weighted by Gasteiger charge is 2.09. The molecule has 1 atom stereocenters. The molecule has 2 aromatic rings. The number of nitrogens with two attached hydrogens (primary N) is 1. The first-order valence-electron chi connectivity index (χ1n) is 5.62. The van der Waals surface area contributed by atoms with Crippen molar-refractivity contribution in [2.75, 3.05) is 5.75 Å². The molecule has 4 nitrogen and oxygen atoms in total. The van der Waals surface area contributed by atoms with E-state index in [1.54, 1.807) is 18.0 Å². The SMILES string of the molecule is CCC(N)CSCc1cc(-c2ccco2)on1. The fourth-order valence-electron chi connectivity index (χ4n) is 1.35. The zero-order valence-corrected chi connectivity index (χ0v) is 10.6. The molecular formula is C12H16N2O2S. The zero-order chi connectivity index (χ0) is 12.1. The van der Waals surface area contributed by atoms with E-state index in [0.717, 1.165) is 23.6 Å². The van der Waals surface area contributed by atoms with Gasteiger partial charge in [-0.25, -0.2) is 0 Å². The van der Waals surface area contributed by atoms with Crippen LogP contribution in [0.3, 0.4) is 0 Å². The maximum Gasteiger partial charge on any atom is 0.202 e. The third-order valence-corrected chi connectivity index (χ3v) is 3.59. The van der Waals surface area contributed by atoms with Gasteiger partial charge in [0.1, 0.15) is 0 Å². The third-order valence-electron chi connectivity index (χ3n) is 2.43. The predicted octanol–water partition coefficient (Wildman–Crippen LogP) is 2.91. The smallest absolute Gasteiger partial charge is 0.202 e. The van der Waals surface area contributed by atoms with Gasteiger partial charge < -0.3 is 14.7 Å². The first-order chi connectivity index (χ1) is 8.29. The molecule has 0 bridgehead atoms. The molecular weight excluding hydrogens is 236 g/mol. The first kappa shape index (κ1) is 12.3. The van der Waals surface area contributed by atoms with Gasteiger partial charge in [-0.05, 0) is 18.6 Å². The van der Waals surface area contributed by atoms with Crippen molar-refractivity contribution in [2.45, 2.75) is 25.1 Å². The van der Waals surface area contributed by atoms with Crippen LogP contribution in [-0.4, -0.2) is 17.0 Å². The van der Waals surface area contributed by atoms with Gasteiger partial charge in [-0.15, -0.1) is 0 Å². The number of hydrogen-bond acceptors (Lipinski definition) is 5. The summed E-state index contributed by atoms with van der Waals surface area (Å²) in [6, 6.07) is 5.84. The molecule has 2 heterocycles. The molecule has 0 amide bonds. The number of aromatic nitrogens is 1. The molecule has 0 saturated carbocycles. The van der Waals surface area contributed by atoms with Crippen molar-refractivity contribution in [1.29, 1.82) is 0 Å². The zero-order valence-electron chi connectivity index (χ0n) is 9.76. The van der Waals surface area contributed by atoms with Gasteiger partial charge in [-0.2, -0.15) is 11.8 Å². The summed E-state index contributed by atoms with van der Waals surface area (Å²) in [5.41, 5.74) is 6.76. The lowest BCUT2D eigenvalue weighted by Gasteiger charge is -2.05. The molecule has 0 radical (unpaired) electrons. The molecule has 0 aromatic carbocycles. The summed E-state index contributed by atoms with van der Waals surface area (Å²) in [5, 5.41) is 4.00. The molecule has 0 aliphatic heterocycles. The van der Waals surface area contributed by atoms with E-state index in [9.17, 15) is 0 Å². The van der Waals surface area contributed by atoms with Crippen molar-refractivity contribution in [1.82, 2.24) is 5.16 Å². The van der Waals surface area contributed by atoms with Crippen molar-refractivity contribution in [3.05, 3.63) is 30.2 Å². The quantitative estimate of drug-likeness (QED) is 0.856. The van der Waals surface area contributed by atoms with Crippen molar-refractivity contribution < 1.29 is 8.94 Å². The molecule has 17 heavy (non-hydrogen) atoms. The minimum atomic E-state index is 0.261. The van der Waals surface area contributed by atoms with E-state index in [1.165, 1.54) is 0 Å². The van der Waals surface area contributed by atoms with E-state index in [-0.39, 0.29) is 6.04 Å². The summed E-state index contributed by atoms with van der Waals surface area (Å²) < 4.78 is 10.4. The first-order valence-corrected chi connectivity index (χ1v) is 6.78. The van der Waals surface area contributed by atoms with Crippen molar-refractivity contribution in [3.8, 4) is 11.5 Å². The topological polar surface area (TPSA) is 65.2 Å². The van der Waals surface area contributed by atoms with Crippen LogP contribution in [0.2, 0.25) is 0 Å². The van der Waals surface area contributed by atoms with E-state index in [4.69, 9.17) is 14.7 Å². The Morgan fingerprint density at radius 2 is 2.35 bits per heavy atom. The van der Waals surface area contributed by atoms with Gasteiger partial charge in [0.15, 0.2) is 5.76 Å².